The monoisotopic (exact) mass is 514 g/mol. The minimum atomic E-state index is -3.93. The maximum Gasteiger partial charge on any atom is 0.217 e. The lowest BCUT2D eigenvalue weighted by atomic mass is 9.44. The number of piperidine rings is 1. The van der Waals surface area contributed by atoms with Crippen molar-refractivity contribution < 1.29 is 23.0 Å². The van der Waals surface area contributed by atoms with Gasteiger partial charge in [-0.25, -0.2) is 8.42 Å². The SMILES string of the molecule is CCN1C[C@]2(C)CC[C@H](OCOC)C34C5C[C@@H]6CC[C+](C(C[C@@H]32)[C@@H]14)C5[C@]6(O)S(=O)(=O)c1ccccc1. The van der Waals surface area contributed by atoms with E-state index in [1.54, 1.807) is 31.4 Å². The number of fused-ring (bicyclic) bond motifs is 2. The highest BCUT2D eigenvalue weighted by Gasteiger charge is 2.87. The summed E-state index contributed by atoms with van der Waals surface area (Å²) in [6, 6.07) is 9.06. The largest absolute Gasteiger partial charge is 0.370 e. The van der Waals surface area contributed by atoms with Crippen LogP contribution in [0.2, 0.25) is 0 Å². The van der Waals surface area contributed by atoms with Gasteiger partial charge in [-0.3, -0.25) is 4.90 Å². The first kappa shape index (κ1) is 24.0. The molecule has 7 bridgehead atoms. The van der Waals surface area contributed by atoms with E-state index in [0.29, 0.717) is 17.9 Å². The van der Waals surface area contributed by atoms with E-state index < -0.39 is 14.8 Å². The van der Waals surface area contributed by atoms with Crippen molar-refractivity contribution in [1.29, 1.82) is 0 Å². The van der Waals surface area contributed by atoms with Crippen molar-refractivity contribution >= 4 is 9.84 Å². The Hall–Kier alpha value is -1.12. The van der Waals surface area contributed by atoms with Gasteiger partial charge in [-0.2, -0.15) is 0 Å². The van der Waals surface area contributed by atoms with Crippen LogP contribution in [0.4, 0.5) is 0 Å². The van der Waals surface area contributed by atoms with Crippen molar-refractivity contribution in [1.82, 2.24) is 4.90 Å². The fourth-order valence-electron chi connectivity index (χ4n) is 11.0. The molecular formula is C29H40NO5S+. The molecule has 7 heteroatoms. The van der Waals surface area contributed by atoms with Crippen molar-refractivity contribution in [3.8, 4) is 0 Å². The summed E-state index contributed by atoms with van der Waals surface area (Å²) < 4.78 is 40.5. The number of rotatable bonds is 6. The van der Waals surface area contributed by atoms with Gasteiger partial charge in [-0.15, -0.1) is 0 Å². The molecule has 0 radical (unpaired) electrons. The number of hydrogen-bond donors (Lipinski definition) is 1. The molecule has 1 aliphatic heterocycles. The van der Waals surface area contributed by atoms with E-state index in [9.17, 15) is 13.5 Å². The van der Waals surface area contributed by atoms with Crippen LogP contribution in [0.5, 0.6) is 0 Å². The molecular weight excluding hydrogens is 474 g/mol. The van der Waals surface area contributed by atoms with E-state index in [1.165, 1.54) is 5.92 Å². The molecule has 6 aliphatic rings. The van der Waals surface area contributed by atoms with Gasteiger partial charge >= 0.3 is 0 Å². The minimum Gasteiger partial charge on any atom is -0.370 e. The maximum atomic E-state index is 14.3. The second kappa shape index (κ2) is 7.72. The van der Waals surface area contributed by atoms with Crippen LogP contribution in [-0.2, 0) is 19.3 Å². The molecule has 7 rings (SSSR count). The van der Waals surface area contributed by atoms with Gasteiger partial charge in [0.15, 0.2) is 0 Å². The number of likely N-dealkylation sites (tertiary alicyclic amines) is 1. The molecule has 1 spiro atoms. The van der Waals surface area contributed by atoms with Crippen molar-refractivity contribution in [3.05, 3.63) is 36.2 Å². The summed E-state index contributed by atoms with van der Waals surface area (Å²) in [6.45, 7) is 7.14. The summed E-state index contributed by atoms with van der Waals surface area (Å²) in [6.07, 6.45) is 5.77. The average molecular weight is 515 g/mol. The fraction of sp³-hybridized carbons (Fsp3) is 0.759. The number of aliphatic hydroxyl groups is 1. The van der Waals surface area contributed by atoms with Gasteiger partial charge in [-0.1, -0.05) is 32.0 Å². The Bertz CT molecular complexity index is 1140. The Labute approximate surface area is 215 Å². The lowest BCUT2D eigenvalue weighted by Crippen LogP contribution is -2.73. The fourth-order valence-corrected chi connectivity index (χ4v) is 13.2. The number of nitrogens with zero attached hydrogens (tertiary/aromatic N) is 1. The van der Waals surface area contributed by atoms with Gasteiger partial charge in [0, 0.05) is 30.9 Å². The van der Waals surface area contributed by atoms with Crippen LogP contribution in [0.15, 0.2) is 35.2 Å². The van der Waals surface area contributed by atoms with Gasteiger partial charge in [0.05, 0.1) is 23.5 Å². The summed E-state index contributed by atoms with van der Waals surface area (Å²) in [5.74, 6) is 1.76. The van der Waals surface area contributed by atoms with E-state index in [-0.39, 0.29) is 46.4 Å². The van der Waals surface area contributed by atoms with Gasteiger partial charge in [0.25, 0.3) is 0 Å². The third-order valence-corrected chi connectivity index (χ3v) is 14.2. The van der Waals surface area contributed by atoms with Crippen LogP contribution >= 0.6 is 0 Å². The van der Waals surface area contributed by atoms with Gasteiger partial charge < -0.3 is 14.6 Å². The molecule has 6 fully saturated rings. The van der Waals surface area contributed by atoms with Crippen LogP contribution in [0.3, 0.4) is 0 Å². The number of sulfone groups is 1. The Morgan fingerprint density at radius 2 is 1.97 bits per heavy atom. The van der Waals surface area contributed by atoms with E-state index in [1.807, 2.05) is 6.07 Å². The summed E-state index contributed by atoms with van der Waals surface area (Å²) in [7, 11) is -2.24. The summed E-state index contributed by atoms with van der Waals surface area (Å²) in [5, 5.41) is 12.5. The number of ether oxygens (including phenoxy) is 2. The highest BCUT2D eigenvalue weighted by molar-refractivity contribution is 7.92. The third kappa shape index (κ3) is 2.58. The molecule has 1 heterocycles. The van der Waals surface area contributed by atoms with Crippen LogP contribution in [-0.4, -0.2) is 62.5 Å². The molecule has 196 valence electrons. The first-order valence-electron chi connectivity index (χ1n) is 14.0. The Morgan fingerprint density at radius 1 is 1.19 bits per heavy atom. The van der Waals surface area contributed by atoms with Crippen LogP contribution in [0.25, 0.3) is 0 Å². The van der Waals surface area contributed by atoms with E-state index in [2.05, 4.69) is 18.7 Å². The number of methoxy groups -OCH3 is 1. The van der Waals surface area contributed by atoms with E-state index >= 15 is 0 Å². The van der Waals surface area contributed by atoms with Crippen molar-refractivity contribution in [2.75, 3.05) is 27.0 Å². The third-order valence-electron chi connectivity index (χ3n) is 11.9. The molecule has 1 saturated heterocycles. The standard InChI is InChI=1S/C29H40NO5S/c1-4-30-16-27(2)13-12-24(35-17-34-3)28-22-14-18-10-11-20(21(26(28)30)15-23(27)28)25(22)29(18,31)36(32,33)19-8-6-5-7-9-19/h5-9,18,21-26,31H,4,10-17H2,1-3H3/q+1/t18-,21?,22?,23+,24-,25?,26+,27-,28?,29+/m0/s1. The maximum absolute atomic E-state index is 14.3. The van der Waals surface area contributed by atoms with Gasteiger partial charge in [0.1, 0.15) is 24.5 Å². The molecule has 1 N–H and O–H groups in total. The Balaban J connectivity index is 1.42. The summed E-state index contributed by atoms with van der Waals surface area (Å²) in [5.41, 5.74) is 0.0554. The molecule has 5 saturated carbocycles. The lowest BCUT2D eigenvalue weighted by molar-refractivity contribution is -0.247. The van der Waals surface area contributed by atoms with Crippen molar-refractivity contribution in [2.24, 2.45) is 40.4 Å². The zero-order valence-corrected chi connectivity index (χ0v) is 22.5. The van der Waals surface area contributed by atoms with Crippen molar-refractivity contribution in [2.45, 2.75) is 74.3 Å². The average Bonchev–Trinajstić information content (AvgIpc) is 3.21. The first-order chi connectivity index (χ1) is 17.2. The second-order valence-electron chi connectivity index (χ2n) is 12.9. The number of hydrogen-bond acceptors (Lipinski definition) is 6. The normalized spacial score (nSPS) is 48.9. The highest BCUT2D eigenvalue weighted by atomic mass is 32.2. The van der Waals surface area contributed by atoms with Gasteiger partial charge in [0.2, 0.25) is 14.8 Å². The zero-order valence-electron chi connectivity index (χ0n) is 21.7. The quantitative estimate of drug-likeness (QED) is 0.458. The Morgan fingerprint density at radius 3 is 2.69 bits per heavy atom. The predicted molar refractivity (Wildman–Crippen MR) is 135 cm³/mol. The molecule has 0 aromatic heterocycles. The molecule has 1 aromatic carbocycles. The molecule has 6 nitrogen and oxygen atoms in total. The molecule has 0 amide bonds. The predicted octanol–water partition coefficient (Wildman–Crippen LogP) is 3.90. The molecule has 5 aliphatic carbocycles. The highest BCUT2D eigenvalue weighted by Crippen LogP contribution is 2.80. The summed E-state index contributed by atoms with van der Waals surface area (Å²) in [4.78, 5) is 1.25. The van der Waals surface area contributed by atoms with Crippen LogP contribution < -0.4 is 0 Å². The topological polar surface area (TPSA) is 76.1 Å². The molecule has 1 aromatic rings. The Kier molecular flexibility index (Phi) is 5.14. The number of benzene rings is 1. The molecule has 36 heavy (non-hydrogen) atoms. The zero-order chi connectivity index (χ0) is 25.1. The van der Waals surface area contributed by atoms with E-state index in [0.717, 1.165) is 51.6 Å². The molecule has 4 unspecified atom stereocenters. The summed E-state index contributed by atoms with van der Waals surface area (Å²) >= 11 is 0. The van der Waals surface area contributed by atoms with Crippen molar-refractivity contribution in [3.63, 3.8) is 0 Å². The first-order valence-corrected chi connectivity index (χ1v) is 15.5. The molecule has 10 atom stereocenters. The second-order valence-corrected chi connectivity index (χ2v) is 15.0. The smallest absolute Gasteiger partial charge is 0.217 e. The van der Waals surface area contributed by atoms with Gasteiger partial charge in [-0.05, 0) is 62.1 Å². The van der Waals surface area contributed by atoms with Crippen LogP contribution in [0, 0.1) is 46.3 Å². The minimum absolute atomic E-state index is 0.0365. The van der Waals surface area contributed by atoms with E-state index in [4.69, 9.17) is 9.47 Å². The van der Waals surface area contributed by atoms with Crippen LogP contribution in [0.1, 0.15) is 52.4 Å². The lowest BCUT2D eigenvalue weighted by Gasteiger charge is -2.66.